The number of hydrazine groups is 1. The fourth-order valence-electron chi connectivity index (χ4n) is 1.70. The predicted octanol–water partition coefficient (Wildman–Crippen LogP) is 1.94. The second-order valence-electron chi connectivity index (χ2n) is 4.62. The highest BCUT2D eigenvalue weighted by atomic mass is 32.1. The molecule has 0 spiro atoms. The van der Waals surface area contributed by atoms with E-state index in [9.17, 15) is 9.59 Å². The van der Waals surface area contributed by atoms with Gasteiger partial charge in [0.05, 0.1) is 6.26 Å². The maximum Gasteiger partial charge on any atom is 0.269 e. The summed E-state index contributed by atoms with van der Waals surface area (Å²) < 4.78 is 5.05. The van der Waals surface area contributed by atoms with E-state index in [0.717, 1.165) is 5.56 Å². The first-order chi connectivity index (χ1) is 11.0. The molecule has 0 bridgehead atoms. The second-order valence-corrected chi connectivity index (χ2v) is 5.02. The standard InChI is InChI=1S/C16H15N3O3S/c1-11-4-2-5-12(10-11)15(21)18-19-16(23)17-14(20)8-7-13-6-3-9-22-13/h2-10H,1H3,(H,18,21)(H2,17,19,20,23)/b8-7+. The van der Waals surface area contributed by atoms with Crippen LogP contribution < -0.4 is 16.2 Å². The van der Waals surface area contributed by atoms with Crippen molar-refractivity contribution in [2.75, 3.05) is 0 Å². The minimum Gasteiger partial charge on any atom is -0.465 e. The molecule has 0 aliphatic carbocycles. The van der Waals surface area contributed by atoms with E-state index in [1.807, 2.05) is 13.0 Å². The van der Waals surface area contributed by atoms with Crippen molar-refractivity contribution in [3.05, 3.63) is 65.6 Å². The molecule has 6 nitrogen and oxygen atoms in total. The quantitative estimate of drug-likeness (QED) is 0.455. The van der Waals surface area contributed by atoms with Crippen molar-refractivity contribution in [2.45, 2.75) is 6.92 Å². The van der Waals surface area contributed by atoms with Crippen molar-refractivity contribution in [2.24, 2.45) is 0 Å². The number of benzene rings is 1. The Kier molecular flexibility index (Phi) is 5.65. The van der Waals surface area contributed by atoms with Crippen molar-refractivity contribution in [1.82, 2.24) is 16.2 Å². The summed E-state index contributed by atoms with van der Waals surface area (Å²) in [4.78, 5) is 23.5. The van der Waals surface area contributed by atoms with Crippen LogP contribution in [0.5, 0.6) is 0 Å². The lowest BCUT2D eigenvalue weighted by Gasteiger charge is -2.09. The van der Waals surface area contributed by atoms with Gasteiger partial charge in [-0.15, -0.1) is 0 Å². The van der Waals surface area contributed by atoms with E-state index in [1.54, 1.807) is 30.3 Å². The van der Waals surface area contributed by atoms with Crippen molar-refractivity contribution in [3.8, 4) is 0 Å². The van der Waals surface area contributed by atoms with Gasteiger partial charge >= 0.3 is 0 Å². The van der Waals surface area contributed by atoms with Gasteiger partial charge < -0.3 is 4.42 Å². The SMILES string of the molecule is Cc1cccc(C(=O)NNC(=S)NC(=O)/C=C/c2ccco2)c1. The van der Waals surface area contributed by atoms with Crippen molar-refractivity contribution >= 4 is 35.2 Å². The third-order valence-corrected chi connectivity index (χ3v) is 2.95. The molecule has 0 atom stereocenters. The van der Waals surface area contributed by atoms with Gasteiger partial charge in [-0.3, -0.25) is 25.8 Å². The highest BCUT2D eigenvalue weighted by Gasteiger charge is 2.06. The number of hydrogen-bond acceptors (Lipinski definition) is 4. The van der Waals surface area contributed by atoms with Gasteiger partial charge in [0.1, 0.15) is 5.76 Å². The molecule has 0 saturated heterocycles. The molecule has 3 N–H and O–H groups in total. The number of carbonyl (C=O) groups excluding carboxylic acids is 2. The number of hydrogen-bond donors (Lipinski definition) is 3. The fraction of sp³-hybridized carbons (Fsp3) is 0.0625. The first-order valence-corrected chi connectivity index (χ1v) is 7.15. The van der Waals surface area contributed by atoms with Gasteiger partial charge in [-0.2, -0.15) is 0 Å². The molecular formula is C16H15N3O3S. The maximum absolute atomic E-state index is 11.9. The predicted molar refractivity (Wildman–Crippen MR) is 90.3 cm³/mol. The van der Waals surface area contributed by atoms with Crippen LogP contribution in [0, 0.1) is 6.92 Å². The molecular weight excluding hydrogens is 314 g/mol. The number of rotatable bonds is 3. The van der Waals surface area contributed by atoms with E-state index in [-0.39, 0.29) is 11.0 Å². The summed E-state index contributed by atoms with van der Waals surface area (Å²) in [5.74, 6) is -0.244. The van der Waals surface area contributed by atoms with Crippen LogP contribution in [0.15, 0.2) is 53.2 Å². The molecule has 0 fully saturated rings. The molecule has 7 heteroatoms. The summed E-state index contributed by atoms with van der Waals surface area (Å²) in [5, 5.41) is 2.38. The molecule has 23 heavy (non-hydrogen) atoms. The molecule has 2 rings (SSSR count). The summed E-state index contributed by atoms with van der Waals surface area (Å²) in [6, 6.07) is 10.5. The van der Waals surface area contributed by atoms with Crippen LogP contribution >= 0.6 is 12.2 Å². The minimum absolute atomic E-state index is 0.0138. The van der Waals surface area contributed by atoms with Gasteiger partial charge in [-0.05, 0) is 49.5 Å². The van der Waals surface area contributed by atoms with E-state index in [4.69, 9.17) is 16.6 Å². The van der Waals surface area contributed by atoms with Gasteiger partial charge in [0.2, 0.25) is 5.91 Å². The van der Waals surface area contributed by atoms with Crippen LogP contribution in [0.4, 0.5) is 0 Å². The largest absolute Gasteiger partial charge is 0.465 e. The maximum atomic E-state index is 11.9. The van der Waals surface area contributed by atoms with Crippen LogP contribution in [0.25, 0.3) is 6.08 Å². The second kappa shape index (κ2) is 7.90. The fourth-order valence-corrected chi connectivity index (χ4v) is 1.85. The zero-order valence-corrected chi connectivity index (χ0v) is 13.1. The smallest absolute Gasteiger partial charge is 0.269 e. The molecule has 2 aromatic rings. The molecule has 0 unspecified atom stereocenters. The number of thiocarbonyl (C=S) groups is 1. The molecule has 1 aromatic carbocycles. The normalized spacial score (nSPS) is 10.3. The molecule has 0 aliphatic rings. The lowest BCUT2D eigenvalue weighted by molar-refractivity contribution is -0.115. The Balaban J connectivity index is 1.78. The molecule has 2 amide bonds. The Labute approximate surface area is 138 Å². The monoisotopic (exact) mass is 329 g/mol. The van der Waals surface area contributed by atoms with Crippen LogP contribution in [0.1, 0.15) is 21.7 Å². The van der Waals surface area contributed by atoms with Crippen molar-refractivity contribution < 1.29 is 14.0 Å². The highest BCUT2D eigenvalue weighted by Crippen LogP contribution is 2.03. The Morgan fingerprint density at radius 3 is 2.70 bits per heavy atom. The molecule has 118 valence electrons. The zero-order valence-electron chi connectivity index (χ0n) is 12.3. The third-order valence-electron chi connectivity index (χ3n) is 2.75. The average Bonchev–Trinajstić information content (AvgIpc) is 3.04. The first kappa shape index (κ1) is 16.4. The Morgan fingerprint density at radius 1 is 1.17 bits per heavy atom. The number of aryl methyl sites for hydroxylation is 1. The Hall–Kier alpha value is -2.93. The molecule has 0 aliphatic heterocycles. The molecule has 1 heterocycles. The van der Waals surface area contributed by atoms with E-state index in [1.165, 1.54) is 18.4 Å². The zero-order chi connectivity index (χ0) is 16.7. The van der Waals surface area contributed by atoms with E-state index in [2.05, 4.69) is 16.2 Å². The third kappa shape index (κ3) is 5.40. The van der Waals surface area contributed by atoms with Crippen LogP contribution in [-0.2, 0) is 4.79 Å². The first-order valence-electron chi connectivity index (χ1n) is 6.74. The van der Waals surface area contributed by atoms with Crippen molar-refractivity contribution in [1.29, 1.82) is 0 Å². The lowest BCUT2D eigenvalue weighted by atomic mass is 10.1. The summed E-state index contributed by atoms with van der Waals surface area (Å²) in [5.41, 5.74) is 6.34. The number of furan rings is 1. The van der Waals surface area contributed by atoms with Crippen LogP contribution in [-0.4, -0.2) is 16.9 Å². The highest BCUT2D eigenvalue weighted by molar-refractivity contribution is 7.80. The van der Waals surface area contributed by atoms with Gasteiger partial charge in [0.25, 0.3) is 5.91 Å². The number of carbonyl (C=O) groups is 2. The molecule has 0 radical (unpaired) electrons. The number of amides is 2. The van der Waals surface area contributed by atoms with Gasteiger partial charge in [-0.25, -0.2) is 0 Å². The molecule has 1 aromatic heterocycles. The summed E-state index contributed by atoms with van der Waals surface area (Å²) in [6.45, 7) is 1.89. The molecule has 0 saturated carbocycles. The van der Waals surface area contributed by atoms with Gasteiger partial charge in [0, 0.05) is 11.6 Å². The lowest BCUT2D eigenvalue weighted by Crippen LogP contribution is -2.48. The average molecular weight is 329 g/mol. The number of nitrogens with one attached hydrogen (secondary N) is 3. The summed E-state index contributed by atoms with van der Waals surface area (Å²) >= 11 is 4.92. The summed E-state index contributed by atoms with van der Waals surface area (Å²) in [7, 11) is 0. The Morgan fingerprint density at radius 2 is 2.00 bits per heavy atom. The van der Waals surface area contributed by atoms with Crippen molar-refractivity contribution in [3.63, 3.8) is 0 Å². The van der Waals surface area contributed by atoms with Crippen LogP contribution in [0.2, 0.25) is 0 Å². The van der Waals surface area contributed by atoms with E-state index < -0.39 is 5.91 Å². The minimum atomic E-state index is -0.441. The van der Waals surface area contributed by atoms with E-state index >= 15 is 0 Å². The topological polar surface area (TPSA) is 83.4 Å². The van der Waals surface area contributed by atoms with Crippen LogP contribution in [0.3, 0.4) is 0 Å². The van der Waals surface area contributed by atoms with Gasteiger partial charge in [-0.1, -0.05) is 17.7 Å². The summed E-state index contributed by atoms with van der Waals surface area (Å²) in [6.07, 6.45) is 4.28. The van der Waals surface area contributed by atoms with E-state index in [0.29, 0.717) is 11.3 Å². The Bertz CT molecular complexity index is 739. The van der Waals surface area contributed by atoms with Gasteiger partial charge in [0.15, 0.2) is 5.11 Å².